The second-order valence-electron chi connectivity index (χ2n) is 12.6. The molecule has 13 heteroatoms. The lowest BCUT2D eigenvalue weighted by atomic mass is 9.88. The Balaban J connectivity index is 2.30. The molecular weight excluding hydrogens is 659 g/mol. The van der Waals surface area contributed by atoms with E-state index in [-0.39, 0.29) is 75.9 Å². The summed E-state index contributed by atoms with van der Waals surface area (Å²) in [6, 6.07) is 10.5. The van der Waals surface area contributed by atoms with Crippen LogP contribution < -0.4 is 26.3 Å². The number of benzene rings is 2. The summed E-state index contributed by atoms with van der Waals surface area (Å²) < 4.78 is 12.1. The summed E-state index contributed by atoms with van der Waals surface area (Å²) in [5.41, 5.74) is 13.9. The molecule has 0 saturated carbocycles. The van der Waals surface area contributed by atoms with Crippen LogP contribution in [0.4, 0.5) is 0 Å². The summed E-state index contributed by atoms with van der Waals surface area (Å²) in [5, 5.41) is 12.0. The molecule has 5 N–H and O–H groups in total. The van der Waals surface area contributed by atoms with Crippen molar-refractivity contribution in [3.63, 3.8) is 0 Å². The van der Waals surface area contributed by atoms with Gasteiger partial charge in [-0.25, -0.2) is 0 Å². The molecule has 0 saturated heterocycles. The molecule has 0 aromatic heterocycles. The van der Waals surface area contributed by atoms with Crippen LogP contribution in [0.1, 0.15) is 63.1 Å². The van der Waals surface area contributed by atoms with Crippen LogP contribution in [0.15, 0.2) is 36.4 Å². The van der Waals surface area contributed by atoms with Gasteiger partial charge >= 0.3 is 0 Å². The van der Waals surface area contributed by atoms with Gasteiger partial charge in [0.25, 0.3) is 0 Å². The summed E-state index contributed by atoms with van der Waals surface area (Å²) >= 11 is 1.56. The number of Topliss-reactive ketones (excluding diaryl/α,β-unsaturated/α-hetero) is 3. The van der Waals surface area contributed by atoms with Crippen LogP contribution in [-0.4, -0.2) is 85.5 Å². The first kappa shape index (κ1) is 40.2. The molecule has 0 unspecified atom stereocenters. The third-order valence-corrected chi connectivity index (χ3v) is 9.22. The quantitative estimate of drug-likeness (QED) is 0.231. The Kier molecular flexibility index (Phi) is 15.9. The van der Waals surface area contributed by atoms with Gasteiger partial charge in [0.05, 0.1) is 12.1 Å². The van der Waals surface area contributed by atoms with E-state index in [4.69, 9.17) is 26.2 Å². The third-order valence-electron chi connectivity index (χ3n) is 8.58. The minimum Gasteiger partial charge on any atom is -0.492 e. The second-order valence-corrected chi connectivity index (χ2v) is 13.5. The number of hydrogen-bond acceptors (Lipinski definition) is 11. The molecule has 2 aromatic carbocycles. The summed E-state index contributed by atoms with van der Waals surface area (Å²) in [5.74, 6) is -1.59. The highest BCUT2D eigenvalue weighted by Crippen LogP contribution is 2.41. The van der Waals surface area contributed by atoms with Gasteiger partial charge in [-0.1, -0.05) is 19.1 Å². The summed E-state index contributed by atoms with van der Waals surface area (Å²) in [7, 11) is 1.55. The fourth-order valence-electron chi connectivity index (χ4n) is 6.05. The average Bonchev–Trinajstić information content (AvgIpc) is 3.09. The molecule has 0 aliphatic carbocycles. The number of rotatable bonds is 16. The standard InChI is InChI=1S/C37H49N5O7S/c1-23-18-32(45)35(42(3)37(47)27(11-17-50-4)19-24(2)43)26-8-10-34(49-16-14-40)29(22-26)28-20-25(7-9-33(28)48-15-13-39)21-30(41-36(23)46)31(44)6-5-12-38/h7-10,20,22-23,27,30,35H,5-6,11,13-19,21,39-40H2,1-4H3,(H,41,46)/t23-,27-,30+,35+/m1/s1. The lowest BCUT2D eigenvalue weighted by Crippen LogP contribution is -2.45. The molecule has 1 aliphatic rings. The molecule has 4 bridgehead atoms. The number of amides is 2. The third kappa shape index (κ3) is 10.9. The highest BCUT2D eigenvalue weighted by Gasteiger charge is 2.35. The molecule has 0 fully saturated rings. The van der Waals surface area contributed by atoms with Gasteiger partial charge < -0.3 is 36.0 Å². The fraction of sp³-hybridized carbons (Fsp3) is 0.514. The number of carbonyl (C=O) groups is 5. The number of thioether (sulfide) groups is 1. The van der Waals surface area contributed by atoms with Gasteiger partial charge in [0, 0.05) is 68.8 Å². The molecule has 1 heterocycles. The van der Waals surface area contributed by atoms with Crippen molar-refractivity contribution < 1.29 is 33.4 Å². The maximum Gasteiger partial charge on any atom is 0.226 e. The van der Waals surface area contributed by atoms with Gasteiger partial charge in [0.1, 0.15) is 36.5 Å². The largest absolute Gasteiger partial charge is 0.492 e. The molecule has 3 rings (SSSR count). The molecule has 2 amide bonds. The van der Waals surface area contributed by atoms with Crippen molar-refractivity contribution in [2.75, 3.05) is 45.4 Å². The molecular formula is C37H49N5O7S. The van der Waals surface area contributed by atoms with Gasteiger partial charge in [-0.2, -0.15) is 17.0 Å². The number of fused-ring (bicyclic) bond motifs is 5. The van der Waals surface area contributed by atoms with Gasteiger partial charge in [0.2, 0.25) is 11.8 Å². The monoisotopic (exact) mass is 707 g/mol. The first-order chi connectivity index (χ1) is 23.9. The Morgan fingerprint density at radius 2 is 1.68 bits per heavy atom. The Morgan fingerprint density at radius 3 is 2.28 bits per heavy atom. The van der Waals surface area contributed by atoms with E-state index in [1.165, 1.54) is 11.8 Å². The second kappa shape index (κ2) is 19.8. The van der Waals surface area contributed by atoms with E-state index < -0.39 is 35.6 Å². The van der Waals surface area contributed by atoms with Crippen LogP contribution in [0, 0.1) is 23.2 Å². The Hall–Kier alpha value is -4.25. The van der Waals surface area contributed by atoms with Crippen molar-refractivity contribution in [1.82, 2.24) is 10.2 Å². The predicted molar refractivity (Wildman–Crippen MR) is 193 cm³/mol. The van der Waals surface area contributed by atoms with Gasteiger partial charge in [-0.15, -0.1) is 0 Å². The van der Waals surface area contributed by atoms with E-state index in [2.05, 4.69) is 5.32 Å². The summed E-state index contributed by atoms with van der Waals surface area (Å²) in [6.45, 7) is 3.94. The highest BCUT2D eigenvalue weighted by molar-refractivity contribution is 7.98. The molecule has 2 aromatic rings. The zero-order valence-corrected chi connectivity index (χ0v) is 30.2. The SMILES string of the molecule is CSCC[C@H](CC(C)=O)C(=O)N(C)[C@@H]1C(=O)C[C@@H](C)C(=O)N[C@H](C(=O)CCC#N)Cc2ccc(OCCN)c(c2)-c2cc1ccc2OCCN. The molecule has 0 radical (unpaired) electrons. The van der Waals surface area contributed by atoms with Crippen LogP contribution in [0.25, 0.3) is 11.1 Å². The number of hydrogen-bond donors (Lipinski definition) is 3. The fourth-order valence-corrected chi connectivity index (χ4v) is 6.57. The Bertz CT molecular complexity index is 1580. The lowest BCUT2D eigenvalue weighted by molar-refractivity contribution is -0.143. The van der Waals surface area contributed by atoms with Crippen molar-refractivity contribution in [1.29, 1.82) is 5.26 Å². The zero-order chi connectivity index (χ0) is 36.8. The molecule has 270 valence electrons. The van der Waals surface area contributed by atoms with Crippen LogP contribution in [0.2, 0.25) is 0 Å². The van der Waals surface area contributed by atoms with Crippen LogP contribution >= 0.6 is 11.8 Å². The van der Waals surface area contributed by atoms with Crippen molar-refractivity contribution in [3.8, 4) is 28.7 Å². The van der Waals surface area contributed by atoms with E-state index in [1.807, 2.05) is 18.4 Å². The van der Waals surface area contributed by atoms with Crippen LogP contribution in [-0.2, 0) is 30.4 Å². The van der Waals surface area contributed by atoms with Gasteiger partial charge in [-0.05, 0) is 67.2 Å². The number of carbonyl (C=O) groups excluding carboxylic acids is 5. The van der Waals surface area contributed by atoms with Gasteiger partial charge in [0.15, 0.2) is 11.6 Å². The van der Waals surface area contributed by atoms with Crippen molar-refractivity contribution in [2.45, 2.75) is 64.5 Å². The van der Waals surface area contributed by atoms with E-state index in [0.717, 1.165) is 0 Å². The lowest BCUT2D eigenvalue weighted by Gasteiger charge is -2.32. The number of likely N-dealkylation sites (N-methyl/N-ethyl adjacent to an activating group) is 1. The van der Waals surface area contributed by atoms with Gasteiger partial charge in [-0.3, -0.25) is 19.2 Å². The Labute approximate surface area is 298 Å². The summed E-state index contributed by atoms with van der Waals surface area (Å²) in [4.78, 5) is 68.8. The van der Waals surface area contributed by atoms with Crippen molar-refractivity contribution in [2.24, 2.45) is 23.3 Å². The van der Waals surface area contributed by atoms with Crippen LogP contribution in [0.3, 0.4) is 0 Å². The van der Waals surface area contributed by atoms with Crippen molar-refractivity contribution in [3.05, 3.63) is 47.5 Å². The predicted octanol–water partition coefficient (Wildman–Crippen LogP) is 3.39. The minimum atomic E-state index is -1.11. The van der Waals surface area contributed by atoms with E-state index in [9.17, 15) is 24.0 Å². The molecule has 1 aliphatic heterocycles. The summed E-state index contributed by atoms with van der Waals surface area (Å²) in [6.07, 6.45) is 2.26. The van der Waals surface area contributed by atoms with E-state index >= 15 is 0 Å². The maximum atomic E-state index is 14.3. The first-order valence-corrected chi connectivity index (χ1v) is 18.3. The topological polar surface area (TPSA) is 195 Å². The minimum absolute atomic E-state index is 0.00535. The first-order valence-electron chi connectivity index (χ1n) is 16.9. The number of nitrogens with two attached hydrogens (primary N) is 2. The van der Waals surface area contributed by atoms with Crippen LogP contribution in [0.5, 0.6) is 11.5 Å². The molecule has 4 atom stereocenters. The number of nitriles is 1. The van der Waals surface area contributed by atoms with E-state index in [0.29, 0.717) is 45.9 Å². The Morgan fingerprint density at radius 1 is 1.04 bits per heavy atom. The zero-order valence-electron chi connectivity index (χ0n) is 29.4. The molecule has 0 spiro atoms. The highest BCUT2D eigenvalue weighted by atomic mass is 32.2. The number of ether oxygens (including phenoxy) is 2. The van der Waals surface area contributed by atoms with E-state index in [1.54, 1.807) is 56.1 Å². The molecule has 50 heavy (non-hydrogen) atoms. The molecule has 12 nitrogen and oxygen atoms in total. The number of ketones is 3. The normalized spacial score (nSPS) is 18.2. The smallest absolute Gasteiger partial charge is 0.226 e. The maximum absolute atomic E-state index is 14.3. The average molecular weight is 708 g/mol. The number of nitrogens with one attached hydrogen (secondary N) is 1. The number of nitrogens with zero attached hydrogens (tertiary/aromatic N) is 2. The van der Waals surface area contributed by atoms with Crippen molar-refractivity contribution >= 4 is 40.9 Å².